The van der Waals surface area contributed by atoms with Crippen LogP contribution in [-0.2, 0) is 27.9 Å². The van der Waals surface area contributed by atoms with Gasteiger partial charge in [0.15, 0.2) is 0 Å². The largest absolute Gasteiger partial charge is 0.472 e. The maximum atomic E-state index is 12.1. The van der Waals surface area contributed by atoms with Gasteiger partial charge < -0.3 is 20.1 Å². The first-order valence-corrected chi connectivity index (χ1v) is 22.5. The van der Waals surface area contributed by atoms with Gasteiger partial charge in [0.2, 0.25) is 5.91 Å². The molecule has 0 heterocycles. The van der Waals surface area contributed by atoms with Gasteiger partial charge in [0.25, 0.3) is 0 Å². The molecule has 0 aliphatic heterocycles. The smallest absolute Gasteiger partial charge is 0.463 e. The highest BCUT2D eigenvalue weighted by molar-refractivity contribution is 7.47. The summed E-state index contributed by atoms with van der Waals surface area (Å²) in [6.07, 6.45) is 42.3. The summed E-state index contributed by atoms with van der Waals surface area (Å²) in [5, 5.41) is 12.6. The molecule has 0 saturated heterocycles. The Morgan fingerprint density at radius 1 is 0.596 bits per heavy atom. The second-order valence-corrected chi connectivity index (χ2v) is 15.4. The molecule has 0 radical (unpaired) electrons. The number of unbranched alkanes of at least 4 members (excludes halogenated alkanes) is 20. The Morgan fingerprint density at radius 2 is 1.04 bits per heavy atom. The fraction of sp³-hybridized carbons (Fsp3) is 0.810. The fourth-order valence-corrected chi connectivity index (χ4v) is 6.38. The van der Waals surface area contributed by atoms with Crippen LogP contribution in [0.25, 0.3) is 0 Å². The van der Waals surface area contributed by atoms with Crippen LogP contribution in [0, 0.1) is 0 Å². The molecule has 0 aliphatic carbocycles. The number of rotatable bonds is 39. The number of nitrogens with one attached hydrogen (secondary N) is 1. The molecule has 9 nitrogen and oxygen atoms in total. The van der Waals surface area contributed by atoms with E-state index < -0.39 is 26.5 Å². The molecule has 2 unspecified atom stereocenters. The summed E-state index contributed by atoms with van der Waals surface area (Å²) in [7, 11) is -4.41. The minimum atomic E-state index is -4.41. The standard InChI is InChI=1S/C42H78NO8P/c1-3-5-7-9-11-13-14-15-16-17-18-19-20-21-22-23-24-25-26-27-28-30-32-34-41(45)43-36-37-50-52(47,48)51-39-40(44)38-49-42(46)35-33-31-29-12-10-8-6-4-2/h11,13,15-16,18-19,40,44H,3-10,12,14,17,20-39H2,1-2H3,(H,43,45)(H,47,48)/b13-11-,16-15-,19-18-. The fourth-order valence-electron chi connectivity index (χ4n) is 5.62. The molecule has 1 amide bonds. The third kappa shape index (κ3) is 39.4. The lowest BCUT2D eigenvalue weighted by molar-refractivity contribution is -0.147. The summed E-state index contributed by atoms with van der Waals surface area (Å²) in [6, 6.07) is 0. The number of amides is 1. The van der Waals surface area contributed by atoms with E-state index in [1.54, 1.807) is 0 Å². The molecule has 0 aromatic heterocycles. The highest BCUT2D eigenvalue weighted by Crippen LogP contribution is 2.42. The predicted molar refractivity (Wildman–Crippen MR) is 215 cm³/mol. The number of carbonyl (C=O) groups excluding carboxylic acids is 2. The average molecular weight is 756 g/mol. The van der Waals surface area contributed by atoms with E-state index in [-0.39, 0.29) is 32.1 Å². The van der Waals surface area contributed by atoms with Gasteiger partial charge in [-0.25, -0.2) is 4.57 Å². The van der Waals surface area contributed by atoms with Crippen molar-refractivity contribution in [2.45, 2.75) is 193 Å². The topological polar surface area (TPSA) is 131 Å². The number of phosphoric ester groups is 1. The van der Waals surface area contributed by atoms with Gasteiger partial charge in [-0.15, -0.1) is 0 Å². The SMILES string of the molecule is CCCCC/C=C\C/C=C\C/C=C\CCCCCCCCCCCCC(=O)NCCOP(=O)(O)OCC(O)COC(=O)CCCCCCCCCC. The monoisotopic (exact) mass is 756 g/mol. The van der Waals surface area contributed by atoms with Crippen molar-refractivity contribution >= 4 is 19.7 Å². The zero-order chi connectivity index (χ0) is 38.2. The van der Waals surface area contributed by atoms with Crippen molar-refractivity contribution in [3.63, 3.8) is 0 Å². The minimum absolute atomic E-state index is 0.0800. The van der Waals surface area contributed by atoms with Gasteiger partial charge >= 0.3 is 13.8 Å². The van der Waals surface area contributed by atoms with Crippen molar-refractivity contribution in [1.29, 1.82) is 0 Å². The Balaban J connectivity index is 3.56. The Hall–Kier alpha value is -1.77. The number of aliphatic hydroxyl groups is 1. The molecule has 0 aromatic rings. The first kappa shape index (κ1) is 50.2. The van der Waals surface area contributed by atoms with E-state index in [0.29, 0.717) is 6.42 Å². The van der Waals surface area contributed by atoms with Crippen LogP contribution in [0.3, 0.4) is 0 Å². The van der Waals surface area contributed by atoms with Gasteiger partial charge in [-0.2, -0.15) is 0 Å². The van der Waals surface area contributed by atoms with Crippen LogP contribution >= 0.6 is 7.82 Å². The van der Waals surface area contributed by atoms with Crippen molar-refractivity contribution in [1.82, 2.24) is 5.32 Å². The first-order chi connectivity index (χ1) is 25.3. The summed E-state index contributed by atoms with van der Waals surface area (Å²) in [4.78, 5) is 33.7. The van der Waals surface area contributed by atoms with Gasteiger partial charge in [-0.1, -0.05) is 159 Å². The highest BCUT2D eigenvalue weighted by Gasteiger charge is 2.23. The average Bonchev–Trinajstić information content (AvgIpc) is 3.13. The van der Waals surface area contributed by atoms with Crippen LogP contribution in [0.1, 0.15) is 187 Å². The van der Waals surface area contributed by atoms with Crippen molar-refractivity contribution in [3.8, 4) is 0 Å². The number of phosphoric acid groups is 1. The number of ether oxygens (including phenoxy) is 1. The number of hydrogen-bond donors (Lipinski definition) is 3. The molecule has 10 heteroatoms. The molecule has 0 fully saturated rings. The molecular formula is C42H78NO8P. The quantitative estimate of drug-likeness (QED) is 0.0244. The van der Waals surface area contributed by atoms with Crippen LogP contribution in [-0.4, -0.2) is 54.3 Å². The molecule has 0 aromatic carbocycles. The lowest BCUT2D eigenvalue weighted by Crippen LogP contribution is -2.27. The first-order valence-electron chi connectivity index (χ1n) is 21.0. The Morgan fingerprint density at radius 3 is 1.60 bits per heavy atom. The van der Waals surface area contributed by atoms with E-state index in [4.69, 9.17) is 13.8 Å². The van der Waals surface area contributed by atoms with Crippen molar-refractivity contribution in [2.75, 3.05) is 26.4 Å². The summed E-state index contributed by atoms with van der Waals surface area (Å²) in [5.74, 6) is -0.523. The van der Waals surface area contributed by atoms with Crippen LogP contribution in [0.15, 0.2) is 36.5 Å². The lowest BCUT2D eigenvalue weighted by Gasteiger charge is -2.15. The molecule has 0 bridgehead atoms. The zero-order valence-corrected chi connectivity index (χ0v) is 34.1. The third-order valence-electron chi connectivity index (χ3n) is 8.82. The second-order valence-electron chi connectivity index (χ2n) is 14.0. The zero-order valence-electron chi connectivity index (χ0n) is 33.3. The number of hydrogen-bond acceptors (Lipinski definition) is 7. The number of carbonyl (C=O) groups is 2. The van der Waals surface area contributed by atoms with Gasteiger partial charge in [0.1, 0.15) is 12.7 Å². The number of esters is 1. The van der Waals surface area contributed by atoms with E-state index >= 15 is 0 Å². The van der Waals surface area contributed by atoms with Crippen molar-refractivity contribution in [2.24, 2.45) is 0 Å². The highest BCUT2D eigenvalue weighted by atomic mass is 31.2. The Labute approximate surface area is 318 Å². The van der Waals surface area contributed by atoms with Crippen molar-refractivity contribution < 1.29 is 37.9 Å². The maximum absolute atomic E-state index is 12.1. The minimum Gasteiger partial charge on any atom is -0.463 e. The molecule has 0 spiro atoms. The molecule has 52 heavy (non-hydrogen) atoms. The predicted octanol–water partition coefficient (Wildman–Crippen LogP) is 11.4. The summed E-state index contributed by atoms with van der Waals surface area (Å²) >= 11 is 0. The summed E-state index contributed by atoms with van der Waals surface area (Å²) < 4.78 is 26.7. The van der Waals surface area contributed by atoms with Gasteiger partial charge in [-0.3, -0.25) is 18.6 Å². The molecule has 3 N–H and O–H groups in total. The number of aliphatic hydroxyl groups excluding tert-OH is 1. The van der Waals surface area contributed by atoms with Crippen LogP contribution in [0.4, 0.5) is 0 Å². The summed E-state index contributed by atoms with van der Waals surface area (Å²) in [5.41, 5.74) is 0. The maximum Gasteiger partial charge on any atom is 0.472 e. The molecule has 0 saturated carbocycles. The van der Waals surface area contributed by atoms with Gasteiger partial charge in [0.05, 0.1) is 13.2 Å². The Bertz CT molecular complexity index is 954. The van der Waals surface area contributed by atoms with E-state index in [9.17, 15) is 24.2 Å². The van der Waals surface area contributed by atoms with E-state index in [1.807, 2.05) is 0 Å². The number of allylic oxidation sites excluding steroid dienone is 6. The summed E-state index contributed by atoms with van der Waals surface area (Å²) in [6.45, 7) is 3.48. The molecular weight excluding hydrogens is 677 g/mol. The van der Waals surface area contributed by atoms with E-state index in [0.717, 1.165) is 51.4 Å². The second kappa shape index (κ2) is 38.9. The lowest BCUT2D eigenvalue weighted by atomic mass is 10.0. The Kier molecular flexibility index (Phi) is 37.6. The molecule has 0 aliphatic rings. The molecule has 2 atom stereocenters. The van der Waals surface area contributed by atoms with Crippen LogP contribution in [0.5, 0.6) is 0 Å². The van der Waals surface area contributed by atoms with Crippen LogP contribution < -0.4 is 5.32 Å². The molecule has 0 rings (SSSR count). The third-order valence-corrected chi connectivity index (χ3v) is 9.81. The van der Waals surface area contributed by atoms with Crippen LogP contribution in [0.2, 0.25) is 0 Å². The van der Waals surface area contributed by atoms with Crippen molar-refractivity contribution in [3.05, 3.63) is 36.5 Å². The molecule has 304 valence electrons. The van der Waals surface area contributed by atoms with Gasteiger partial charge in [0, 0.05) is 19.4 Å². The normalized spacial score (nSPS) is 13.7. The van der Waals surface area contributed by atoms with Gasteiger partial charge in [-0.05, 0) is 51.4 Å². The van der Waals surface area contributed by atoms with E-state index in [2.05, 4.69) is 55.6 Å². The van der Waals surface area contributed by atoms with E-state index in [1.165, 1.54) is 109 Å².